The van der Waals surface area contributed by atoms with E-state index in [0.717, 1.165) is 11.0 Å². The van der Waals surface area contributed by atoms with Crippen LogP contribution in [-0.2, 0) is 4.79 Å². The first-order chi connectivity index (χ1) is 15.0. The number of hydrogen-bond acceptors (Lipinski definition) is 4. The summed E-state index contributed by atoms with van der Waals surface area (Å²) >= 11 is 5.84. The maximum atomic E-state index is 14.5. The highest BCUT2D eigenvalue weighted by atomic mass is 35.5. The topological polar surface area (TPSA) is 62.3 Å². The predicted molar refractivity (Wildman–Crippen MR) is 101 cm³/mol. The van der Waals surface area contributed by atoms with Crippen LogP contribution in [0, 0.1) is 29.3 Å². The van der Waals surface area contributed by atoms with Gasteiger partial charge in [0.05, 0.1) is 5.56 Å². The Hall–Kier alpha value is -2.82. The van der Waals surface area contributed by atoms with Crippen molar-refractivity contribution in [3.05, 3.63) is 52.4 Å². The highest BCUT2D eigenvalue weighted by Crippen LogP contribution is 2.41. The average molecular weight is 478 g/mol. The Morgan fingerprint density at radius 2 is 1.78 bits per heavy atom. The molecule has 12 heteroatoms. The molecule has 5 nitrogen and oxygen atoms in total. The Labute approximate surface area is 182 Å². The molecular formula is C20H14ClF6N3O2. The van der Waals surface area contributed by atoms with Crippen molar-refractivity contribution in [2.75, 3.05) is 11.4 Å². The van der Waals surface area contributed by atoms with Gasteiger partial charge in [0.25, 0.3) is 0 Å². The number of fused-ring (bicyclic) bond motifs is 1. The molecule has 170 valence electrons. The minimum Gasteiger partial charge on any atom is -0.344 e. The minimum absolute atomic E-state index is 0.141. The molecule has 1 saturated carbocycles. The molecule has 2 atom stereocenters. The van der Waals surface area contributed by atoms with Gasteiger partial charge in [0.15, 0.2) is 17.4 Å². The second kappa shape index (κ2) is 7.95. The summed E-state index contributed by atoms with van der Waals surface area (Å²) in [6.07, 6.45) is -4.19. The number of aromatic nitrogens is 1. The third-order valence-electron chi connectivity index (χ3n) is 5.36. The summed E-state index contributed by atoms with van der Waals surface area (Å²) in [6, 6.07) is 0.986. The summed E-state index contributed by atoms with van der Waals surface area (Å²) in [5, 5.41) is 1.73. The minimum atomic E-state index is -4.73. The van der Waals surface area contributed by atoms with E-state index in [0.29, 0.717) is 12.1 Å². The number of hydrogen-bond donors (Lipinski definition) is 1. The van der Waals surface area contributed by atoms with Crippen molar-refractivity contribution in [2.24, 2.45) is 11.8 Å². The number of pyridine rings is 1. The van der Waals surface area contributed by atoms with Gasteiger partial charge in [-0.15, -0.1) is 0 Å². The van der Waals surface area contributed by atoms with Crippen LogP contribution >= 0.6 is 11.6 Å². The molecule has 2 heterocycles. The van der Waals surface area contributed by atoms with Gasteiger partial charge in [-0.25, -0.2) is 18.2 Å². The number of carbonyl (C=O) groups is 2. The van der Waals surface area contributed by atoms with E-state index < -0.39 is 65.4 Å². The van der Waals surface area contributed by atoms with Gasteiger partial charge < -0.3 is 10.2 Å². The lowest BCUT2D eigenvalue weighted by Crippen LogP contribution is -2.53. The van der Waals surface area contributed by atoms with Crippen molar-refractivity contribution in [1.29, 1.82) is 0 Å². The quantitative estimate of drug-likeness (QED) is 0.398. The van der Waals surface area contributed by atoms with Crippen LogP contribution in [0.2, 0.25) is 5.15 Å². The summed E-state index contributed by atoms with van der Waals surface area (Å²) in [6.45, 7) is -0.722. The normalized spacial score (nSPS) is 19.5. The molecule has 1 aromatic carbocycles. The lowest BCUT2D eigenvalue weighted by atomic mass is 9.91. The second-order valence-electron chi connectivity index (χ2n) is 7.62. The molecule has 4 rings (SSSR count). The van der Waals surface area contributed by atoms with Crippen LogP contribution < -0.4 is 10.2 Å². The average Bonchev–Trinajstić information content (AvgIpc) is 3.50. The number of halogens is 7. The fraction of sp³-hybridized carbons (Fsp3) is 0.350. The number of ketones is 1. The van der Waals surface area contributed by atoms with Gasteiger partial charge in [0.2, 0.25) is 5.91 Å². The maximum absolute atomic E-state index is 14.5. The van der Waals surface area contributed by atoms with Crippen LogP contribution in [0.5, 0.6) is 0 Å². The summed E-state index contributed by atoms with van der Waals surface area (Å²) in [5.74, 6) is -8.85. The highest BCUT2D eigenvalue weighted by molar-refractivity contribution is 6.29. The Bertz CT molecular complexity index is 1080. The molecule has 1 aliphatic carbocycles. The Morgan fingerprint density at radius 1 is 1.16 bits per heavy atom. The fourth-order valence-corrected chi connectivity index (χ4v) is 3.85. The first-order valence-corrected chi connectivity index (χ1v) is 9.85. The summed E-state index contributed by atoms with van der Waals surface area (Å²) in [5.41, 5.74) is -1.08. The van der Waals surface area contributed by atoms with Crippen LogP contribution in [-0.4, -0.2) is 35.4 Å². The molecule has 0 spiro atoms. The Morgan fingerprint density at radius 3 is 2.34 bits per heavy atom. The molecule has 1 aromatic heterocycles. The van der Waals surface area contributed by atoms with Gasteiger partial charge in [-0.3, -0.25) is 9.59 Å². The van der Waals surface area contributed by atoms with Crippen molar-refractivity contribution >= 4 is 34.8 Å². The number of amides is 1. The zero-order valence-corrected chi connectivity index (χ0v) is 16.8. The number of rotatable bonds is 4. The van der Waals surface area contributed by atoms with E-state index in [1.807, 2.05) is 5.32 Å². The number of carbonyl (C=O) groups excluding carboxylic acids is 2. The predicted octanol–water partition coefficient (Wildman–Crippen LogP) is 4.56. The molecule has 1 unspecified atom stereocenters. The molecule has 1 aliphatic heterocycles. The highest BCUT2D eigenvalue weighted by Gasteiger charge is 2.51. The van der Waals surface area contributed by atoms with Gasteiger partial charge >= 0.3 is 6.18 Å². The molecule has 0 radical (unpaired) electrons. The zero-order chi connectivity index (χ0) is 23.4. The van der Waals surface area contributed by atoms with Crippen LogP contribution in [0.25, 0.3) is 0 Å². The van der Waals surface area contributed by atoms with E-state index in [4.69, 9.17) is 11.6 Å². The van der Waals surface area contributed by atoms with E-state index >= 15 is 0 Å². The summed E-state index contributed by atoms with van der Waals surface area (Å²) in [7, 11) is 0. The first-order valence-electron chi connectivity index (χ1n) is 9.47. The largest absolute Gasteiger partial charge is 0.408 e. The molecule has 2 aromatic rings. The second-order valence-corrected chi connectivity index (χ2v) is 8.00. The number of Topliss-reactive ketones (excluding diaryl/α,β-unsaturated/α-hetero) is 1. The molecule has 1 fully saturated rings. The van der Waals surface area contributed by atoms with Crippen LogP contribution in [0.1, 0.15) is 23.2 Å². The standard InChI is InChI=1S/C20H14ClF6N3O2/c21-14-4-3-10-16(31)11(19(32)29-17(8-1-2-8)20(25,26)27)7-30(18(10)28-14)15-12(23)5-9(22)6-13(15)24/h3-6,8,11,17H,1-2,7H2,(H,29,32)/t11?,17-/m0/s1. The molecule has 0 saturated heterocycles. The van der Waals surface area contributed by atoms with Gasteiger partial charge in [-0.1, -0.05) is 11.6 Å². The van der Waals surface area contributed by atoms with Crippen molar-refractivity contribution in [3.8, 4) is 0 Å². The molecule has 0 bridgehead atoms. The first kappa shape index (κ1) is 22.4. The van der Waals surface area contributed by atoms with Gasteiger partial charge in [-0.05, 0) is 30.9 Å². The SMILES string of the molecule is O=C(N[C@@H](C1CC1)C(F)(F)F)C1CN(c2c(F)cc(F)cc2F)c2nc(Cl)ccc2C1=O. The van der Waals surface area contributed by atoms with E-state index in [1.165, 1.54) is 6.07 Å². The number of anilines is 2. The van der Waals surface area contributed by atoms with Gasteiger partial charge in [0, 0.05) is 18.7 Å². The molecule has 1 N–H and O–H groups in total. The number of alkyl halides is 3. The molecular weight excluding hydrogens is 464 g/mol. The molecule has 2 aliphatic rings. The third kappa shape index (κ3) is 4.13. The monoisotopic (exact) mass is 477 g/mol. The van der Waals surface area contributed by atoms with E-state index in [2.05, 4.69) is 4.98 Å². The van der Waals surface area contributed by atoms with Crippen molar-refractivity contribution in [2.45, 2.75) is 25.1 Å². The van der Waals surface area contributed by atoms with E-state index in [1.54, 1.807) is 0 Å². The number of benzene rings is 1. The van der Waals surface area contributed by atoms with Gasteiger partial charge in [-0.2, -0.15) is 13.2 Å². The number of nitrogens with zero attached hydrogens (tertiary/aromatic N) is 2. The van der Waals surface area contributed by atoms with Crippen LogP contribution in [0.4, 0.5) is 37.8 Å². The summed E-state index contributed by atoms with van der Waals surface area (Å²) in [4.78, 5) is 30.3. The van der Waals surface area contributed by atoms with Crippen molar-refractivity contribution in [3.63, 3.8) is 0 Å². The lowest BCUT2D eigenvalue weighted by Gasteiger charge is -2.34. The van der Waals surface area contributed by atoms with Gasteiger partial charge in [0.1, 0.15) is 34.4 Å². The molecule has 32 heavy (non-hydrogen) atoms. The third-order valence-corrected chi connectivity index (χ3v) is 5.57. The van der Waals surface area contributed by atoms with E-state index in [-0.39, 0.29) is 29.4 Å². The Balaban J connectivity index is 1.74. The van der Waals surface area contributed by atoms with Crippen LogP contribution in [0.3, 0.4) is 0 Å². The van der Waals surface area contributed by atoms with E-state index in [9.17, 15) is 35.9 Å². The zero-order valence-electron chi connectivity index (χ0n) is 16.0. The Kier molecular flexibility index (Phi) is 5.56. The summed E-state index contributed by atoms with van der Waals surface area (Å²) < 4.78 is 82.3. The fourth-order valence-electron chi connectivity index (χ4n) is 3.71. The van der Waals surface area contributed by atoms with Crippen molar-refractivity contribution < 1.29 is 35.9 Å². The van der Waals surface area contributed by atoms with Crippen LogP contribution in [0.15, 0.2) is 24.3 Å². The molecule has 1 amide bonds. The maximum Gasteiger partial charge on any atom is 0.408 e. The smallest absolute Gasteiger partial charge is 0.344 e. The lowest BCUT2D eigenvalue weighted by molar-refractivity contribution is -0.166. The van der Waals surface area contributed by atoms with Crippen molar-refractivity contribution in [1.82, 2.24) is 10.3 Å². The number of nitrogens with one attached hydrogen (secondary N) is 1.